The van der Waals surface area contributed by atoms with E-state index in [0.717, 1.165) is 6.61 Å². The van der Waals surface area contributed by atoms with Gasteiger partial charge in [0.25, 0.3) is 5.69 Å². The molecular formula is C17H23NO10. The Morgan fingerprint density at radius 1 is 1.04 bits per heavy atom. The zero-order valence-corrected chi connectivity index (χ0v) is 14.7. The van der Waals surface area contributed by atoms with Gasteiger partial charge in [0.2, 0.25) is 0 Å². The second-order valence-corrected chi connectivity index (χ2v) is 5.58. The first-order valence-corrected chi connectivity index (χ1v) is 8.13. The number of benzene rings is 1. The lowest BCUT2D eigenvalue weighted by molar-refractivity contribution is -0.384. The third-order valence-electron chi connectivity index (χ3n) is 3.54. The highest BCUT2D eigenvalue weighted by atomic mass is 16.6. The van der Waals surface area contributed by atoms with E-state index in [9.17, 15) is 10.1 Å². The van der Waals surface area contributed by atoms with Crippen molar-refractivity contribution in [1.82, 2.24) is 0 Å². The molecule has 2 heterocycles. The van der Waals surface area contributed by atoms with E-state index in [1.54, 1.807) is 6.26 Å². The highest BCUT2D eigenvalue weighted by Crippen LogP contribution is 2.19. The summed E-state index contributed by atoms with van der Waals surface area (Å²) in [7, 11) is 0. The molecule has 0 saturated carbocycles. The van der Waals surface area contributed by atoms with Crippen LogP contribution in [0.1, 0.15) is 0 Å². The minimum absolute atomic E-state index is 0.0159. The molecule has 5 atom stereocenters. The molecule has 11 nitrogen and oxygen atoms in total. The van der Waals surface area contributed by atoms with Gasteiger partial charge >= 0.3 is 0 Å². The van der Waals surface area contributed by atoms with Crippen LogP contribution in [0, 0.1) is 10.1 Å². The third-order valence-corrected chi connectivity index (χ3v) is 3.54. The largest absolute Gasteiger partial charge is 0.508 e. The Hall–Kier alpha value is -2.54. The van der Waals surface area contributed by atoms with Gasteiger partial charge in [-0.15, -0.1) is 0 Å². The Labute approximate surface area is 160 Å². The summed E-state index contributed by atoms with van der Waals surface area (Å²) in [5.41, 5.74) is -0.0159. The summed E-state index contributed by atoms with van der Waals surface area (Å²) in [6.07, 6.45) is 0.425. The number of nitro benzene ring substituents is 1. The van der Waals surface area contributed by atoms with E-state index in [4.69, 9.17) is 35.4 Å². The molecule has 1 saturated heterocycles. The van der Waals surface area contributed by atoms with Gasteiger partial charge in [0, 0.05) is 12.1 Å². The van der Waals surface area contributed by atoms with Crippen LogP contribution >= 0.6 is 0 Å². The van der Waals surface area contributed by atoms with Crippen molar-refractivity contribution in [3.63, 3.8) is 0 Å². The van der Waals surface area contributed by atoms with Crippen LogP contribution < -0.4 is 0 Å². The lowest BCUT2D eigenvalue weighted by Gasteiger charge is -2.37. The monoisotopic (exact) mass is 401 g/mol. The average Bonchev–Trinajstić information content (AvgIpc) is 2.71. The zero-order chi connectivity index (χ0) is 21.1. The van der Waals surface area contributed by atoms with E-state index in [1.165, 1.54) is 24.3 Å². The normalized spacial score (nSPS) is 28.1. The minimum Gasteiger partial charge on any atom is -0.508 e. The first-order chi connectivity index (χ1) is 13.3. The van der Waals surface area contributed by atoms with Crippen molar-refractivity contribution in [1.29, 1.82) is 0 Å². The van der Waals surface area contributed by atoms with Gasteiger partial charge in [-0.25, -0.2) is 0 Å². The molecule has 1 fully saturated rings. The smallest absolute Gasteiger partial charge is 0.269 e. The van der Waals surface area contributed by atoms with Crippen LogP contribution in [0.25, 0.3) is 0 Å². The molecule has 1 aromatic rings. The number of aliphatic hydroxyl groups excluding tert-OH is 5. The van der Waals surface area contributed by atoms with Gasteiger partial charge in [0.05, 0.1) is 17.8 Å². The fourth-order valence-corrected chi connectivity index (χ4v) is 2.00. The molecule has 156 valence electrons. The number of hydrogen-bond acceptors (Lipinski definition) is 10. The topological polar surface area (TPSA) is 183 Å². The second kappa shape index (κ2) is 12.0. The quantitative estimate of drug-likeness (QED) is 0.270. The maximum atomic E-state index is 10.0. The van der Waals surface area contributed by atoms with Crippen LogP contribution in [0.15, 0.2) is 48.8 Å². The Bertz CT molecular complexity index is 631. The highest BCUT2D eigenvalue weighted by molar-refractivity contribution is 5.34. The lowest BCUT2D eigenvalue weighted by atomic mass is 10.00. The van der Waals surface area contributed by atoms with Crippen molar-refractivity contribution < 1.29 is 45.0 Å². The number of allylic oxidation sites excluding steroid dienone is 2. The van der Waals surface area contributed by atoms with Crippen molar-refractivity contribution >= 4 is 5.69 Å². The fourth-order valence-electron chi connectivity index (χ4n) is 2.00. The third kappa shape index (κ3) is 7.60. The van der Waals surface area contributed by atoms with Gasteiger partial charge in [0.1, 0.15) is 36.8 Å². The van der Waals surface area contributed by atoms with E-state index in [0.29, 0.717) is 0 Å². The molecule has 0 bridgehead atoms. The standard InChI is InChI=1S/C6H5NO3.C6H12O6.C5H6O/c8-6-3-1-5(2-4-6)7(9)10;7-1-2-3(8)4(9)5(10)6(11)12-2;1-2-4-6-5-3-1/h1-4,8H;2-11H,1H2;1-4H,5H2/t;2-,3-,4+,5-,6+;/m.1./s1. The molecule has 0 spiro atoms. The van der Waals surface area contributed by atoms with E-state index < -0.39 is 42.2 Å². The molecular weight excluding hydrogens is 378 g/mol. The average molecular weight is 401 g/mol. The summed E-state index contributed by atoms with van der Waals surface area (Å²) in [5.74, 6) is 0.0330. The Morgan fingerprint density at radius 3 is 2.07 bits per heavy atom. The zero-order valence-electron chi connectivity index (χ0n) is 14.7. The van der Waals surface area contributed by atoms with Crippen LogP contribution in [-0.4, -0.2) is 79.5 Å². The molecule has 0 radical (unpaired) electrons. The molecule has 0 aliphatic carbocycles. The van der Waals surface area contributed by atoms with Crippen molar-refractivity contribution in [3.8, 4) is 5.75 Å². The summed E-state index contributed by atoms with van der Waals surface area (Å²) >= 11 is 0. The molecule has 3 rings (SSSR count). The number of nitro groups is 1. The number of hydrogen-bond donors (Lipinski definition) is 6. The summed E-state index contributed by atoms with van der Waals surface area (Å²) in [5, 5.41) is 63.4. The van der Waals surface area contributed by atoms with Crippen LogP contribution in [0.4, 0.5) is 5.69 Å². The predicted molar refractivity (Wildman–Crippen MR) is 95.0 cm³/mol. The molecule has 2 aliphatic rings. The van der Waals surface area contributed by atoms with Crippen LogP contribution in [0.3, 0.4) is 0 Å². The molecule has 28 heavy (non-hydrogen) atoms. The maximum absolute atomic E-state index is 10.0. The van der Waals surface area contributed by atoms with Crippen LogP contribution in [-0.2, 0) is 9.47 Å². The van der Waals surface area contributed by atoms with E-state index in [-0.39, 0.29) is 11.4 Å². The first-order valence-electron chi connectivity index (χ1n) is 8.13. The van der Waals surface area contributed by atoms with Crippen molar-refractivity contribution in [3.05, 3.63) is 58.9 Å². The molecule has 0 unspecified atom stereocenters. The van der Waals surface area contributed by atoms with Gasteiger partial charge in [-0.2, -0.15) is 0 Å². The summed E-state index contributed by atoms with van der Waals surface area (Å²) < 4.78 is 9.38. The predicted octanol–water partition coefficient (Wildman–Crippen LogP) is -0.835. The van der Waals surface area contributed by atoms with Crippen molar-refractivity contribution in [2.24, 2.45) is 0 Å². The number of non-ortho nitro benzene ring substituents is 1. The lowest BCUT2D eigenvalue weighted by Crippen LogP contribution is -2.58. The van der Waals surface area contributed by atoms with Gasteiger partial charge in [0.15, 0.2) is 6.29 Å². The first kappa shape index (κ1) is 23.5. The number of aromatic hydroxyl groups is 1. The second-order valence-electron chi connectivity index (χ2n) is 5.58. The van der Waals surface area contributed by atoms with Crippen LogP contribution in [0.2, 0.25) is 0 Å². The SMILES string of the molecule is C1=CCOC=C1.O=[N+]([O-])c1ccc(O)cc1.OC[C@H]1O[C@H](O)[C@H](O)[C@@H](O)[C@@H]1O. The number of rotatable bonds is 2. The molecule has 1 aromatic carbocycles. The molecule has 2 aliphatic heterocycles. The van der Waals surface area contributed by atoms with Crippen LogP contribution in [0.5, 0.6) is 5.75 Å². The van der Waals surface area contributed by atoms with Gasteiger partial charge in [-0.3, -0.25) is 10.1 Å². The summed E-state index contributed by atoms with van der Waals surface area (Å²) in [6.45, 7) is 0.207. The Balaban J connectivity index is 0.000000221. The van der Waals surface area contributed by atoms with Gasteiger partial charge in [-0.05, 0) is 24.3 Å². The molecule has 11 heteroatoms. The molecule has 6 N–H and O–H groups in total. The maximum Gasteiger partial charge on any atom is 0.269 e. The summed E-state index contributed by atoms with van der Waals surface area (Å²) in [4.78, 5) is 9.52. The fraction of sp³-hybridized carbons (Fsp3) is 0.412. The molecule has 0 aromatic heterocycles. The summed E-state index contributed by atoms with van der Waals surface area (Å²) in [6, 6.07) is 5.04. The number of ether oxygens (including phenoxy) is 2. The Kier molecular flexibility index (Phi) is 10.1. The number of nitrogens with zero attached hydrogens (tertiary/aromatic N) is 1. The highest BCUT2D eigenvalue weighted by Gasteiger charge is 2.42. The van der Waals surface area contributed by atoms with Gasteiger partial charge < -0.3 is 40.1 Å². The number of aliphatic hydroxyl groups is 5. The number of phenolic OH excluding ortho intramolecular Hbond substituents is 1. The van der Waals surface area contributed by atoms with E-state index in [1.807, 2.05) is 18.2 Å². The number of phenols is 1. The van der Waals surface area contributed by atoms with Crippen molar-refractivity contribution in [2.45, 2.75) is 30.7 Å². The minimum atomic E-state index is -1.57. The van der Waals surface area contributed by atoms with Crippen molar-refractivity contribution in [2.75, 3.05) is 13.2 Å². The Morgan fingerprint density at radius 2 is 1.68 bits per heavy atom. The molecule has 0 amide bonds. The van der Waals surface area contributed by atoms with E-state index >= 15 is 0 Å². The van der Waals surface area contributed by atoms with Gasteiger partial charge in [-0.1, -0.05) is 6.08 Å². The van der Waals surface area contributed by atoms with E-state index in [2.05, 4.69) is 4.74 Å².